The molecule has 0 aliphatic heterocycles. The molecule has 200 valence electrons. The number of halogens is 2. The molecule has 39 heavy (non-hydrogen) atoms. The molecule has 5 aromatic rings. The first-order valence-corrected chi connectivity index (χ1v) is 13.3. The topological polar surface area (TPSA) is 73.1 Å². The Hall–Kier alpha value is -3.94. The number of amides is 1. The molecule has 0 radical (unpaired) electrons. The number of imidazole rings is 1. The Labute approximate surface area is 238 Å². The van der Waals surface area contributed by atoms with Crippen LogP contribution in [0.1, 0.15) is 32.0 Å². The number of anilines is 1. The maximum Gasteiger partial charge on any atom is 0.224 e. The molecule has 0 unspecified atom stereocenters. The van der Waals surface area contributed by atoms with Crippen LogP contribution in [0, 0.1) is 6.92 Å². The van der Waals surface area contributed by atoms with Crippen molar-refractivity contribution in [3.8, 4) is 22.8 Å². The molecule has 9 heteroatoms. The quantitative estimate of drug-likeness (QED) is 0.212. The lowest BCUT2D eigenvalue weighted by molar-refractivity contribution is -0.116. The highest BCUT2D eigenvalue weighted by Gasteiger charge is 2.19. The van der Waals surface area contributed by atoms with Gasteiger partial charge in [-0.1, -0.05) is 79.5 Å². The average molecular weight is 563 g/mol. The van der Waals surface area contributed by atoms with Crippen molar-refractivity contribution in [2.75, 3.05) is 11.9 Å². The number of aryl methyl sites for hydroxylation is 1. The molecule has 0 saturated carbocycles. The fourth-order valence-corrected chi connectivity index (χ4v) is 4.68. The second-order valence-electron chi connectivity index (χ2n) is 8.51. The van der Waals surface area contributed by atoms with E-state index >= 15 is 0 Å². The van der Waals surface area contributed by atoms with E-state index in [1.165, 1.54) is 18.0 Å². The number of benzene rings is 2. The number of nitrogens with zero attached hydrogens (tertiary/aromatic N) is 5. The number of fused-ring (bicyclic) bond motifs is 1. The van der Waals surface area contributed by atoms with Gasteiger partial charge in [0.15, 0.2) is 5.82 Å². The molecule has 3 aromatic heterocycles. The Morgan fingerprint density at radius 3 is 2.51 bits per heavy atom. The average Bonchev–Trinajstić information content (AvgIpc) is 3.44. The molecule has 3 heterocycles. The molecule has 1 amide bonds. The lowest BCUT2D eigenvalue weighted by Crippen LogP contribution is -2.24. The molecule has 2 aromatic carbocycles. The summed E-state index contributed by atoms with van der Waals surface area (Å²) in [6.45, 7) is 7.45. The molecule has 0 spiro atoms. The lowest BCUT2D eigenvalue weighted by Gasteiger charge is -2.19. The van der Waals surface area contributed by atoms with Gasteiger partial charge in [-0.3, -0.25) is 14.3 Å². The number of hydrogen-bond donors (Lipinski definition) is 0. The fraction of sp³-hybridized carbons (Fsp3) is 0.200. The largest absolute Gasteiger partial charge is 0.487 e. The zero-order chi connectivity index (χ0) is 28.1. The summed E-state index contributed by atoms with van der Waals surface area (Å²) in [5.41, 5.74) is 4.02. The van der Waals surface area contributed by atoms with E-state index < -0.39 is 0 Å². The second kappa shape index (κ2) is 12.3. The minimum Gasteiger partial charge on any atom is -0.487 e. The summed E-state index contributed by atoms with van der Waals surface area (Å²) in [5.74, 6) is 1.53. The molecule has 0 saturated heterocycles. The zero-order valence-corrected chi connectivity index (χ0v) is 24.0. The number of ether oxygens (including phenoxy) is 1. The number of pyridine rings is 2. The van der Waals surface area contributed by atoms with Gasteiger partial charge in [-0.15, -0.1) is 0 Å². The van der Waals surface area contributed by atoms with Crippen LogP contribution >= 0.6 is 23.2 Å². The Morgan fingerprint density at radius 2 is 1.79 bits per heavy atom. The Kier molecular flexibility index (Phi) is 8.84. The highest BCUT2D eigenvalue weighted by atomic mass is 35.5. The fourth-order valence-electron chi connectivity index (χ4n) is 4.10. The number of carbonyl (C=O) groups is 1. The number of aromatic nitrogens is 4. The summed E-state index contributed by atoms with van der Waals surface area (Å²) < 4.78 is 8.27. The van der Waals surface area contributed by atoms with Gasteiger partial charge in [-0.2, -0.15) is 0 Å². The number of hydrogen-bond acceptors (Lipinski definition) is 5. The normalized spacial score (nSPS) is 10.6. The third-order valence-corrected chi connectivity index (χ3v) is 6.78. The predicted octanol–water partition coefficient (Wildman–Crippen LogP) is 7.69. The first kappa shape index (κ1) is 28.1. The maximum atomic E-state index is 11.8. The van der Waals surface area contributed by atoms with E-state index in [4.69, 9.17) is 32.9 Å². The van der Waals surface area contributed by atoms with Gasteiger partial charge in [0.2, 0.25) is 5.91 Å². The first-order valence-electron chi connectivity index (χ1n) is 12.5. The predicted molar refractivity (Wildman–Crippen MR) is 158 cm³/mol. The van der Waals surface area contributed by atoms with E-state index in [0.29, 0.717) is 27.7 Å². The van der Waals surface area contributed by atoms with Crippen LogP contribution in [0.4, 0.5) is 5.82 Å². The molecule has 0 atom stereocenters. The van der Waals surface area contributed by atoms with Gasteiger partial charge in [0.1, 0.15) is 23.7 Å². The van der Waals surface area contributed by atoms with E-state index in [0.717, 1.165) is 28.2 Å². The van der Waals surface area contributed by atoms with E-state index in [-0.39, 0.29) is 17.5 Å². The number of rotatable bonds is 6. The molecule has 5 rings (SSSR count). The summed E-state index contributed by atoms with van der Waals surface area (Å²) in [4.78, 5) is 26.8. The number of carbonyl (C=O) groups excluding carboxylic acids is 1. The van der Waals surface area contributed by atoms with Crippen molar-refractivity contribution >= 4 is 45.8 Å². The summed E-state index contributed by atoms with van der Waals surface area (Å²) in [5, 5.41) is 1.52. The highest BCUT2D eigenvalue weighted by Crippen LogP contribution is 2.35. The van der Waals surface area contributed by atoms with Gasteiger partial charge < -0.3 is 4.74 Å². The summed E-state index contributed by atoms with van der Waals surface area (Å²) >= 11 is 13.0. The lowest BCUT2D eigenvalue weighted by atomic mass is 10.1. The molecule has 0 aliphatic rings. The molecule has 0 bridgehead atoms. The molecule has 0 aliphatic carbocycles. The van der Waals surface area contributed by atoms with Crippen LogP contribution in [0.15, 0.2) is 73.2 Å². The molecular weight excluding hydrogens is 533 g/mol. The van der Waals surface area contributed by atoms with Gasteiger partial charge in [-0.25, -0.2) is 15.0 Å². The van der Waals surface area contributed by atoms with Crippen molar-refractivity contribution in [1.82, 2.24) is 19.5 Å². The Bertz CT molecular complexity index is 1620. The monoisotopic (exact) mass is 561 g/mol. The SMILES string of the molecule is CC.CC(=O)N(C)c1ncc(Cl)c(COc2cccc3c(-n4ccnc4-c4ccccc4)cc(C)nc23)c1Cl. The Balaban J connectivity index is 0.00000172. The first-order chi connectivity index (χ1) is 18.8. The smallest absolute Gasteiger partial charge is 0.224 e. The zero-order valence-electron chi connectivity index (χ0n) is 22.4. The molecule has 0 fully saturated rings. The van der Waals surface area contributed by atoms with Crippen molar-refractivity contribution in [1.29, 1.82) is 0 Å². The minimum absolute atomic E-state index is 0.0728. The highest BCUT2D eigenvalue weighted by molar-refractivity contribution is 6.37. The van der Waals surface area contributed by atoms with Gasteiger partial charge >= 0.3 is 0 Å². The van der Waals surface area contributed by atoms with Gasteiger partial charge in [0.25, 0.3) is 0 Å². The van der Waals surface area contributed by atoms with Crippen LogP contribution in [0.25, 0.3) is 28.0 Å². The van der Waals surface area contributed by atoms with Crippen molar-refractivity contribution in [2.45, 2.75) is 34.3 Å². The van der Waals surface area contributed by atoms with Crippen molar-refractivity contribution in [3.63, 3.8) is 0 Å². The van der Waals surface area contributed by atoms with E-state index in [1.807, 2.05) is 81.6 Å². The van der Waals surface area contributed by atoms with E-state index in [9.17, 15) is 4.79 Å². The molecular formula is C30H29Cl2N5O2. The van der Waals surface area contributed by atoms with Crippen LogP contribution in [0.3, 0.4) is 0 Å². The minimum atomic E-state index is -0.195. The molecule has 0 N–H and O–H groups in total. The van der Waals surface area contributed by atoms with Crippen LogP contribution in [0.2, 0.25) is 10.0 Å². The van der Waals surface area contributed by atoms with Crippen LogP contribution in [-0.2, 0) is 11.4 Å². The second-order valence-corrected chi connectivity index (χ2v) is 9.30. The summed E-state index contributed by atoms with van der Waals surface area (Å²) in [6, 6.07) is 17.8. The third-order valence-electron chi connectivity index (χ3n) is 6.05. The van der Waals surface area contributed by atoms with Crippen LogP contribution in [-0.4, -0.2) is 32.5 Å². The van der Waals surface area contributed by atoms with Gasteiger partial charge in [0, 0.05) is 54.8 Å². The summed E-state index contributed by atoms with van der Waals surface area (Å²) in [7, 11) is 1.60. The van der Waals surface area contributed by atoms with Crippen molar-refractivity contribution < 1.29 is 9.53 Å². The Morgan fingerprint density at radius 1 is 1.05 bits per heavy atom. The molecule has 7 nitrogen and oxygen atoms in total. The van der Waals surface area contributed by atoms with Crippen LogP contribution < -0.4 is 9.64 Å². The van der Waals surface area contributed by atoms with Gasteiger partial charge in [0.05, 0.1) is 15.7 Å². The van der Waals surface area contributed by atoms with Gasteiger partial charge in [-0.05, 0) is 19.1 Å². The van der Waals surface area contributed by atoms with Crippen molar-refractivity contribution in [2.24, 2.45) is 0 Å². The van der Waals surface area contributed by atoms with Crippen molar-refractivity contribution in [3.05, 3.63) is 94.5 Å². The van der Waals surface area contributed by atoms with Crippen LogP contribution in [0.5, 0.6) is 5.75 Å². The standard InChI is InChI=1S/C28H23Cl2N5O2.C2H6/c1-17-14-23(35-13-12-31-27(35)19-8-5-4-6-9-19)20-10-7-11-24(26(20)33-17)37-16-21-22(29)15-32-28(25(21)30)34(3)18(2)36;1-2/h4-15H,16H2,1-3H3;1-2H3. The maximum absolute atomic E-state index is 11.8. The van der Waals surface area contributed by atoms with E-state index in [1.54, 1.807) is 13.2 Å². The van der Waals surface area contributed by atoms with E-state index in [2.05, 4.69) is 14.5 Å². The third kappa shape index (κ3) is 5.75. The number of para-hydroxylation sites is 1. The summed E-state index contributed by atoms with van der Waals surface area (Å²) in [6.07, 6.45) is 5.19.